The van der Waals surface area contributed by atoms with Crippen LogP contribution in [0.1, 0.15) is 49.1 Å². The normalized spacial score (nSPS) is 23.1. The van der Waals surface area contributed by atoms with Crippen molar-refractivity contribution in [1.29, 1.82) is 0 Å². The number of rotatable bonds is 6. The molecule has 3 atom stereocenters. The summed E-state index contributed by atoms with van der Waals surface area (Å²) >= 11 is 6.34. The van der Waals surface area contributed by atoms with E-state index in [1.54, 1.807) is 10.9 Å². The lowest BCUT2D eigenvalue weighted by atomic mass is 10.1. The Bertz CT molecular complexity index is 1090. The van der Waals surface area contributed by atoms with E-state index in [1.807, 2.05) is 7.05 Å². The van der Waals surface area contributed by atoms with Crippen molar-refractivity contribution in [2.45, 2.75) is 50.5 Å². The monoisotopic (exact) mass is 461 g/mol. The first-order valence-electron chi connectivity index (χ1n) is 10.5. The standard InChI is InChI=1S/C21H25ClN5O3P/c1-26(17-8-6-13-4-2-3-5-15(13)17)19-16-12-23-27(20(16)25-21(22)24-19)18-9-7-14(30-18)10-11-31(28)29/h2-5,12,14,17-18,28-29H,6-11H2,1H3. The highest BCUT2D eigenvalue weighted by Crippen LogP contribution is 2.40. The Hall–Kier alpha value is -1.83. The minimum atomic E-state index is -1.89. The Morgan fingerprint density at radius 3 is 2.90 bits per heavy atom. The predicted octanol–water partition coefficient (Wildman–Crippen LogP) is 3.97. The molecule has 3 aromatic rings. The maximum atomic E-state index is 9.18. The summed E-state index contributed by atoms with van der Waals surface area (Å²) in [5.41, 5.74) is 3.37. The number of hydrogen-bond donors (Lipinski definition) is 2. The summed E-state index contributed by atoms with van der Waals surface area (Å²) in [5.74, 6) is 0.767. The van der Waals surface area contributed by atoms with E-state index in [1.165, 1.54) is 11.1 Å². The van der Waals surface area contributed by atoms with Crippen LogP contribution in [0.4, 0.5) is 5.82 Å². The van der Waals surface area contributed by atoms with Crippen LogP contribution in [0, 0.1) is 0 Å². The molecule has 1 aliphatic carbocycles. The minimum Gasteiger partial charge on any atom is -0.353 e. The molecule has 5 rings (SSSR count). The third kappa shape index (κ3) is 4.03. The van der Waals surface area contributed by atoms with E-state index in [-0.39, 0.29) is 23.7 Å². The van der Waals surface area contributed by atoms with Crippen LogP contribution in [0.15, 0.2) is 30.5 Å². The number of anilines is 1. The van der Waals surface area contributed by atoms with Crippen LogP contribution in [-0.4, -0.2) is 48.8 Å². The van der Waals surface area contributed by atoms with Crippen LogP contribution in [-0.2, 0) is 11.2 Å². The Balaban J connectivity index is 1.43. The second-order valence-corrected chi connectivity index (χ2v) is 9.71. The molecule has 2 aliphatic rings. The van der Waals surface area contributed by atoms with Gasteiger partial charge in [-0.1, -0.05) is 24.3 Å². The average molecular weight is 462 g/mol. The van der Waals surface area contributed by atoms with E-state index in [0.29, 0.717) is 18.2 Å². The van der Waals surface area contributed by atoms with E-state index in [4.69, 9.17) is 16.3 Å². The number of fused-ring (bicyclic) bond motifs is 2. The van der Waals surface area contributed by atoms with Crippen LogP contribution in [0.25, 0.3) is 11.0 Å². The molecule has 1 aromatic carbocycles. The van der Waals surface area contributed by atoms with Crippen molar-refractivity contribution in [3.8, 4) is 0 Å². The van der Waals surface area contributed by atoms with Crippen molar-refractivity contribution in [3.05, 3.63) is 46.9 Å². The number of halogens is 1. The average Bonchev–Trinajstić information content (AvgIpc) is 3.48. The highest BCUT2D eigenvalue weighted by Gasteiger charge is 2.31. The fourth-order valence-electron chi connectivity index (χ4n) is 4.79. The molecular weight excluding hydrogens is 437 g/mol. The summed E-state index contributed by atoms with van der Waals surface area (Å²) in [6, 6.07) is 8.77. The summed E-state index contributed by atoms with van der Waals surface area (Å²) in [5, 5.41) is 5.60. The molecule has 8 nitrogen and oxygen atoms in total. The number of benzene rings is 1. The maximum Gasteiger partial charge on any atom is 0.226 e. The largest absolute Gasteiger partial charge is 0.353 e. The first-order chi connectivity index (χ1) is 15.0. The lowest BCUT2D eigenvalue weighted by molar-refractivity contribution is -0.00391. The Morgan fingerprint density at radius 2 is 2.06 bits per heavy atom. The molecule has 2 aromatic heterocycles. The molecular formula is C21H25ClN5O3P. The fraction of sp³-hybridized carbons (Fsp3) is 0.476. The number of hydrogen-bond acceptors (Lipinski definition) is 7. The lowest BCUT2D eigenvalue weighted by Crippen LogP contribution is -2.23. The van der Waals surface area contributed by atoms with Gasteiger partial charge in [0.05, 0.1) is 23.7 Å². The molecule has 1 aliphatic heterocycles. The van der Waals surface area contributed by atoms with E-state index < -0.39 is 8.38 Å². The van der Waals surface area contributed by atoms with Crippen LogP contribution in [0.3, 0.4) is 0 Å². The van der Waals surface area contributed by atoms with Crippen LogP contribution < -0.4 is 4.90 Å². The Kier molecular flexibility index (Phi) is 5.84. The number of ether oxygens (including phenoxy) is 1. The fourth-order valence-corrected chi connectivity index (χ4v) is 5.47. The molecule has 1 fully saturated rings. The van der Waals surface area contributed by atoms with Gasteiger partial charge in [-0.3, -0.25) is 0 Å². The molecule has 3 heterocycles. The summed E-state index contributed by atoms with van der Waals surface area (Å²) < 4.78 is 7.90. The van der Waals surface area contributed by atoms with E-state index in [2.05, 4.69) is 44.2 Å². The SMILES string of the molecule is CN(c1nc(Cl)nc2c1cnn2C1CCC(CCP(O)O)O1)C1CCc2ccccc21. The van der Waals surface area contributed by atoms with Crippen LogP contribution >= 0.6 is 20.0 Å². The third-order valence-corrected chi connectivity index (χ3v) is 7.15. The summed E-state index contributed by atoms with van der Waals surface area (Å²) in [6.07, 6.45) is 6.23. The molecule has 0 radical (unpaired) electrons. The topological polar surface area (TPSA) is 96.5 Å². The van der Waals surface area contributed by atoms with Crippen molar-refractivity contribution in [3.63, 3.8) is 0 Å². The van der Waals surface area contributed by atoms with E-state index in [0.717, 1.165) is 36.9 Å². The van der Waals surface area contributed by atoms with Crippen molar-refractivity contribution in [2.75, 3.05) is 18.1 Å². The van der Waals surface area contributed by atoms with E-state index in [9.17, 15) is 9.79 Å². The molecule has 0 amide bonds. The van der Waals surface area contributed by atoms with Gasteiger partial charge >= 0.3 is 0 Å². The molecule has 0 saturated carbocycles. The van der Waals surface area contributed by atoms with Gasteiger partial charge in [0.2, 0.25) is 5.28 Å². The third-order valence-electron chi connectivity index (χ3n) is 6.32. The smallest absolute Gasteiger partial charge is 0.226 e. The van der Waals surface area contributed by atoms with Gasteiger partial charge < -0.3 is 19.4 Å². The highest BCUT2D eigenvalue weighted by atomic mass is 35.5. The van der Waals surface area contributed by atoms with Crippen molar-refractivity contribution >= 4 is 36.8 Å². The number of aryl methyl sites for hydroxylation is 1. The molecule has 0 spiro atoms. The molecule has 164 valence electrons. The quantitative estimate of drug-likeness (QED) is 0.423. The van der Waals surface area contributed by atoms with Gasteiger partial charge in [0.1, 0.15) is 5.82 Å². The zero-order chi connectivity index (χ0) is 21.5. The lowest BCUT2D eigenvalue weighted by Gasteiger charge is -2.27. The molecule has 1 saturated heterocycles. The highest BCUT2D eigenvalue weighted by molar-refractivity contribution is 7.45. The van der Waals surface area contributed by atoms with Gasteiger partial charge in [-0.05, 0) is 54.8 Å². The van der Waals surface area contributed by atoms with Crippen LogP contribution in [0.2, 0.25) is 5.28 Å². The first-order valence-corrected chi connectivity index (χ1v) is 12.3. The molecule has 0 bridgehead atoms. The van der Waals surface area contributed by atoms with Gasteiger partial charge in [0.25, 0.3) is 0 Å². The maximum absolute atomic E-state index is 9.18. The summed E-state index contributed by atoms with van der Waals surface area (Å²) in [7, 11) is 0.159. The van der Waals surface area contributed by atoms with E-state index >= 15 is 0 Å². The molecule has 3 unspecified atom stereocenters. The number of aromatic nitrogens is 4. The first kappa shape index (κ1) is 21.0. The van der Waals surface area contributed by atoms with Crippen molar-refractivity contribution < 1.29 is 14.5 Å². The predicted molar refractivity (Wildman–Crippen MR) is 120 cm³/mol. The minimum absolute atomic E-state index is 0.0111. The Labute approximate surface area is 186 Å². The van der Waals surface area contributed by atoms with Gasteiger partial charge in [0, 0.05) is 13.2 Å². The second kappa shape index (κ2) is 8.60. The molecule has 2 N–H and O–H groups in total. The zero-order valence-electron chi connectivity index (χ0n) is 17.2. The summed E-state index contributed by atoms with van der Waals surface area (Å²) in [6.45, 7) is 0. The second-order valence-electron chi connectivity index (χ2n) is 8.18. The molecule has 31 heavy (non-hydrogen) atoms. The van der Waals surface area contributed by atoms with Gasteiger partial charge in [-0.2, -0.15) is 15.1 Å². The van der Waals surface area contributed by atoms with Gasteiger partial charge in [0.15, 0.2) is 20.3 Å². The van der Waals surface area contributed by atoms with Gasteiger partial charge in [-0.15, -0.1) is 0 Å². The van der Waals surface area contributed by atoms with Crippen LogP contribution in [0.5, 0.6) is 0 Å². The zero-order valence-corrected chi connectivity index (χ0v) is 18.9. The van der Waals surface area contributed by atoms with Gasteiger partial charge in [-0.25, -0.2) is 4.68 Å². The van der Waals surface area contributed by atoms with Crippen molar-refractivity contribution in [1.82, 2.24) is 19.7 Å². The Morgan fingerprint density at radius 1 is 1.23 bits per heavy atom. The molecule has 10 heteroatoms. The number of nitrogens with zero attached hydrogens (tertiary/aromatic N) is 5. The van der Waals surface area contributed by atoms with Crippen molar-refractivity contribution in [2.24, 2.45) is 0 Å². The summed E-state index contributed by atoms with van der Waals surface area (Å²) in [4.78, 5) is 29.6.